The van der Waals surface area contributed by atoms with E-state index in [1.165, 1.54) is 0 Å². The van der Waals surface area contributed by atoms with Gasteiger partial charge < -0.3 is 10.1 Å². The van der Waals surface area contributed by atoms with Gasteiger partial charge in [0.25, 0.3) is 0 Å². The fourth-order valence-corrected chi connectivity index (χ4v) is 4.58. The number of nitrogens with zero attached hydrogens (tertiary/aromatic N) is 7. The van der Waals surface area contributed by atoms with Crippen LogP contribution in [0.1, 0.15) is 12.0 Å². The predicted octanol–water partition coefficient (Wildman–Crippen LogP) is 4.23. The van der Waals surface area contributed by atoms with Crippen molar-refractivity contribution in [3.63, 3.8) is 0 Å². The van der Waals surface area contributed by atoms with Crippen molar-refractivity contribution < 1.29 is 9.13 Å². The van der Waals surface area contributed by atoms with Gasteiger partial charge in [0.05, 0.1) is 30.4 Å². The van der Waals surface area contributed by atoms with Crippen LogP contribution >= 0.6 is 0 Å². The van der Waals surface area contributed by atoms with Gasteiger partial charge in [-0.2, -0.15) is 5.10 Å². The zero-order chi connectivity index (χ0) is 25.9. The smallest absolute Gasteiger partial charge is 0.140 e. The maximum Gasteiger partial charge on any atom is 0.140 e. The predicted molar refractivity (Wildman–Crippen MR) is 144 cm³/mol. The van der Waals surface area contributed by atoms with Crippen LogP contribution in [0, 0.1) is 0 Å². The van der Waals surface area contributed by atoms with E-state index in [9.17, 15) is 4.39 Å². The number of aromatic nitrogens is 6. The lowest BCUT2D eigenvalue weighted by Crippen LogP contribution is -2.48. The molecule has 0 atom stereocenters. The molecule has 5 aromatic rings. The molecule has 0 unspecified atom stereocenters. The normalized spacial score (nSPS) is 14.1. The van der Waals surface area contributed by atoms with Crippen LogP contribution in [-0.2, 0) is 13.6 Å². The standard InChI is InChI=1S/C28H29FN8O/c1-35-16-22(14-34-35)21-5-3-20(4-6-21)13-30-27-12-25(32-19-33-27)26-15-31-28-11-24(7-9-37(26)28)38-10-2-8-36-17-23(29)18-36/h3-7,9,11-12,14-16,19,23H,2,8,10,13,17-18H2,1H3,(H,30,32,33). The number of halogens is 1. The van der Waals surface area contributed by atoms with Gasteiger partial charge in [-0.05, 0) is 23.6 Å². The zero-order valence-corrected chi connectivity index (χ0v) is 21.2. The fraction of sp³-hybridized carbons (Fsp3) is 0.286. The van der Waals surface area contributed by atoms with Crippen molar-refractivity contribution in [1.29, 1.82) is 0 Å². The largest absolute Gasteiger partial charge is 0.493 e. The molecule has 1 fully saturated rings. The number of nitrogens with one attached hydrogen (secondary N) is 1. The molecule has 1 aliphatic heterocycles. The maximum absolute atomic E-state index is 12.9. The monoisotopic (exact) mass is 512 g/mol. The number of hydrogen-bond acceptors (Lipinski definition) is 7. The molecule has 38 heavy (non-hydrogen) atoms. The summed E-state index contributed by atoms with van der Waals surface area (Å²) in [6.45, 7) is 3.18. The van der Waals surface area contributed by atoms with Crippen LogP contribution in [-0.4, -0.2) is 66.4 Å². The van der Waals surface area contributed by atoms with E-state index in [-0.39, 0.29) is 0 Å². The second-order valence-electron chi connectivity index (χ2n) is 9.53. The van der Waals surface area contributed by atoms with E-state index in [4.69, 9.17) is 4.74 Å². The summed E-state index contributed by atoms with van der Waals surface area (Å²) in [5.41, 5.74) is 5.81. The molecule has 6 rings (SSSR count). The van der Waals surface area contributed by atoms with Crippen molar-refractivity contribution in [2.45, 2.75) is 19.1 Å². The highest BCUT2D eigenvalue weighted by Crippen LogP contribution is 2.24. The minimum atomic E-state index is -0.662. The molecule has 1 aromatic carbocycles. The molecule has 0 radical (unpaired) electrons. The molecule has 0 bridgehead atoms. The van der Waals surface area contributed by atoms with Crippen molar-refractivity contribution in [2.75, 3.05) is 31.6 Å². The van der Waals surface area contributed by atoms with Gasteiger partial charge in [0.15, 0.2) is 0 Å². The van der Waals surface area contributed by atoms with Crippen molar-refractivity contribution in [1.82, 2.24) is 34.0 Å². The third-order valence-corrected chi connectivity index (χ3v) is 6.68. The zero-order valence-electron chi connectivity index (χ0n) is 21.2. The summed E-state index contributed by atoms with van der Waals surface area (Å²) in [7, 11) is 1.92. The Morgan fingerprint density at radius 1 is 1.03 bits per heavy atom. The Kier molecular flexibility index (Phi) is 6.70. The van der Waals surface area contributed by atoms with Crippen LogP contribution in [0.15, 0.2) is 73.6 Å². The Morgan fingerprint density at radius 3 is 2.68 bits per heavy atom. The molecule has 0 spiro atoms. The number of likely N-dealkylation sites (tertiary alicyclic amines) is 1. The Morgan fingerprint density at radius 2 is 1.89 bits per heavy atom. The number of anilines is 1. The van der Waals surface area contributed by atoms with Gasteiger partial charge >= 0.3 is 0 Å². The van der Waals surface area contributed by atoms with Crippen molar-refractivity contribution >= 4 is 11.5 Å². The lowest BCUT2D eigenvalue weighted by atomic mass is 10.1. The van der Waals surface area contributed by atoms with Crippen LogP contribution < -0.4 is 10.1 Å². The molecule has 10 heteroatoms. The Labute approximate surface area is 219 Å². The van der Waals surface area contributed by atoms with Gasteiger partial charge in [-0.3, -0.25) is 14.0 Å². The Balaban J connectivity index is 1.07. The first-order valence-corrected chi connectivity index (χ1v) is 12.7. The summed E-state index contributed by atoms with van der Waals surface area (Å²) in [6.07, 6.45) is 9.37. The number of aryl methyl sites for hydroxylation is 1. The quantitative estimate of drug-likeness (QED) is 0.280. The van der Waals surface area contributed by atoms with E-state index in [2.05, 4.69) is 54.5 Å². The number of imidazole rings is 1. The molecular formula is C28H29FN8O. The maximum atomic E-state index is 12.9. The van der Waals surface area contributed by atoms with Gasteiger partial charge in [-0.15, -0.1) is 0 Å². The number of rotatable bonds is 10. The SMILES string of the molecule is Cn1cc(-c2ccc(CNc3cc(-c4cnc5cc(OCCCN6CC(F)C6)ccn45)ncn3)cc2)cn1. The molecule has 4 aromatic heterocycles. The van der Waals surface area contributed by atoms with Crippen molar-refractivity contribution in [3.8, 4) is 28.3 Å². The number of ether oxygens (including phenoxy) is 1. The van der Waals surface area contributed by atoms with Gasteiger partial charge in [-0.25, -0.2) is 19.3 Å². The van der Waals surface area contributed by atoms with Gasteiger partial charge in [0.1, 0.15) is 29.7 Å². The molecule has 1 saturated heterocycles. The van der Waals surface area contributed by atoms with Crippen LogP contribution in [0.3, 0.4) is 0 Å². The highest BCUT2D eigenvalue weighted by Gasteiger charge is 2.25. The summed E-state index contributed by atoms with van der Waals surface area (Å²) in [4.78, 5) is 15.5. The van der Waals surface area contributed by atoms with Crippen LogP contribution in [0.2, 0.25) is 0 Å². The van der Waals surface area contributed by atoms with Crippen LogP contribution in [0.5, 0.6) is 5.75 Å². The minimum absolute atomic E-state index is 0.545. The average molecular weight is 513 g/mol. The first kappa shape index (κ1) is 24.1. The second-order valence-corrected chi connectivity index (χ2v) is 9.53. The van der Waals surface area contributed by atoms with E-state index in [0.717, 1.165) is 58.3 Å². The average Bonchev–Trinajstić information content (AvgIpc) is 3.55. The number of pyridine rings is 1. The molecule has 9 nitrogen and oxygen atoms in total. The summed E-state index contributed by atoms with van der Waals surface area (Å²) in [5.74, 6) is 1.50. The van der Waals surface area contributed by atoms with Crippen molar-refractivity contribution in [2.24, 2.45) is 7.05 Å². The molecule has 0 saturated carbocycles. The highest BCUT2D eigenvalue weighted by atomic mass is 19.1. The summed E-state index contributed by atoms with van der Waals surface area (Å²) in [6, 6.07) is 14.2. The first-order chi connectivity index (χ1) is 18.6. The van der Waals surface area contributed by atoms with Gasteiger partial charge in [-0.1, -0.05) is 24.3 Å². The van der Waals surface area contributed by atoms with E-state index in [1.54, 1.807) is 17.2 Å². The molecule has 194 valence electrons. The molecular weight excluding hydrogens is 483 g/mol. The first-order valence-electron chi connectivity index (χ1n) is 12.7. The lowest BCUT2D eigenvalue weighted by molar-refractivity contribution is 0.0612. The number of fused-ring (bicyclic) bond motifs is 1. The van der Waals surface area contributed by atoms with E-state index in [0.29, 0.717) is 26.2 Å². The van der Waals surface area contributed by atoms with E-state index in [1.807, 2.05) is 48.2 Å². The number of alkyl halides is 1. The summed E-state index contributed by atoms with van der Waals surface area (Å²) in [5, 5.41) is 7.63. The van der Waals surface area contributed by atoms with Crippen LogP contribution in [0.4, 0.5) is 10.2 Å². The third-order valence-electron chi connectivity index (χ3n) is 6.68. The summed E-state index contributed by atoms with van der Waals surface area (Å²) < 4.78 is 22.6. The fourth-order valence-electron chi connectivity index (χ4n) is 4.58. The van der Waals surface area contributed by atoms with Gasteiger partial charge in [0.2, 0.25) is 0 Å². The molecule has 5 heterocycles. The van der Waals surface area contributed by atoms with E-state index < -0.39 is 6.17 Å². The Hall–Kier alpha value is -4.31. The molecule has 1 N–H and O–H groups in total. The molecule has 0 aliphatic carbocycles. The van der Waals surface area contributed by atoms with Crippen LogP contribution in [0.25, 0.3) is 28.2 Å². The third kappa shape index (κ3) is 5.35. The summed E-state index contributed by atoms with van der Waals surface area (Å²) >= 11 is 0. The number of hydrogen-bond donors (Lipinski definition) is 1. The van der Waals surface area contributed by atoms with Gasteiger partial charge in [0, 0.05) is 63.3 Å². The Bertz CT molecular complexity index is 1520. The van der Waals surface area contributed by atoms with Crippen molar-refractivity contribution in [3.05, 3.63) is 79.1 Å². The molecule has 0 amide bonds. The van der Waals surface area contributed by atoms with E-state index >= 15 is 0 Å². The highest BCUT2D eigenvalue weighted by molar-refractivity contribution is 5.64. The number of benzene rings is 1. The lowest BCUT2D eigenvalue weighted by Gasteiger charge is -2.34. The molecule has 1 aliphatic rings. The second kappa shape index (κ2) is 10.6. The minimum Gasteiger partial charge on any atom is -0.493 e. The topological polar surface area (TPSA) is 85.4 Å².